The van der Waals surface area contributed by atoms with Crippen LogP contribution >= 0.6 is 0 Å². The van der Waals surface area contributed by atoms with E-state index in [9.17, 15) is 4.79 Å². The van der Waals surface area contributed by atoms with E-state index in [4.69, 9.17) is 4.74 Å². The molecule has 1 aromatic rings. The van der Waals surface area contributed by atoms with Crippen molar-refractivity contribution in [3.05, 3.63) is 36.2 Å². The summed E-state index contributed by atoms with van der Waals surface area (Å²) >= 11 is 0. The van der Waals surface area contributed by atoms with Gasteiger partial charge in [-0.25, -0.2) is 4.79 Å². The van der Waals surface area contributed by atoms with Gasteiger partial charge in [-0.2, -0.15) is 0 Å². The van der Waals surface area contributed by atoms with Gasteiger partial charge in [0.2, 0.25) is 0 Å². The molecule has 0 amide bonds. The Morgan fingerprint density at radius 1 is 1.77 bits per heavy atom. The van der Waals surface area contributed by atoms with E-state index in [2.05, 4.69) is 11.6 Å². The number of nitrogens with one attached hydrogen (secondary N) is 1. The summed E-state index contributed by atoms with van der Waals surface area (Å²) in [4.78, 5) is 14.2. The van der Waals surface area contributed by atoms with Gasteiger partial charge in [-0.05, 0) is 25.0 Å². The molecule has 0 aliphatic heterocycles. The average Bonchev–Trinajstić information content (AvgIpc) is 2.54. The third-order valence-corrected chi connectivity index (χ3v) is 1.68. The second-order valence-electron chi connectivity index (χ2n) is 2.59. The molecule has 3 nitrogen and oxygen atoms in total. The number of esters is 1. The standard InChI is InChI=1S/C10H13NO2/c1-3-5-8-6-7-11-9(8)10(12)13-4-2/h3,6-7,11H,1,4-5H2,2H3. The molecular formula is C10H13NO2. The Hall–Kier alpha value is -1.51. The third-order valence-electron chi connectivity index (χ3n) is 1.68. The van der Waals surface area contributed by atoms with E-state index in [0.717, 1.165) is 5.56 Å². The molecule has 0 aliphatic carbocycles. The van der Waals surface area contributed by atoms with Crippen molar-refractivity contribution in [2.75, 3.05) is 6.61 Å². The van der Waals surface area contributed by atoms with Crippen LogP contribution in [-0.2, 0) is 11.2 Å². The number of carbonyl (C=O) groups is 1. The molecule has 3 heteroatoms. The first kappa shape index (κ1) is 9.58. The van der Waals surface area contributed by atoms with Crippen LogP contribution in [0.5, 0.6) is 0 Å². The summed E-state index contributed by atoms with van der Waals surface area (Å²) in [6.07, 6.45) is 4.16. The molecule has 0 unspecified atom stereocenters. The highest BCUT2D eigenvalue weighted by Gasteiger charge is 2.11. The summed E-state index contributed by atoms with van der Waals surface area (Å²) < 4.78 is 4.87. The lowest BCUT2D eigenvalue weighted by Gasteiger charge is -2.01. The Kier molecular flexibility index (Phi) is 3.31. The number of ether oxygens (including phenoxy) is 1. The predicted molar refractivity (Wildman–Crippen MR) is 50.7 cm³/mol. The van der Waals surface area contributed by atoms with E-state index >= 15 is 0 Å². The fourth-order valence-electron chi connectivity index (χ4n) is 1.12. The number of allylic oxidation sites excluding steroid dienone is 1. The lowest BCUT2D eigenvalue weighted by atomic mass is 10.2. The van der Waals surface area contributed by atoms with Crippen molar-refractivity contribution in [2.45, 2.75) is 13.3 Å². The van der Waals surface area contributed by atoms with E-state index in [-0.39, 0.29) is 5.97 Å². The Morgan fingerprint density at radius 3 is 3.15 bits per heavy atom. The highest BCUT2D eigenvalue weighted by atomic mass is 16.5. The predicted octanol–water partition coefficient (Wildman–Crippen LogP) is 1.92. The Balaban J connectivity index is 2.80. The van der Waals surface area contributed by atoms with Crippen molar-refractivity contribution in [1.82, 2.24) is 4.98 Å². The summed E-state index contributed by atoms with van der Waals surface area (Å²) in [5.41, 5.74) is 1.45. The topological polar surface area (TPSA) is 42.1 Å². The van der Waals surface area contributed by atoms with Crippen LogP contribution in [0.3, 0.4) is 0 Å². The van der Waals surface area contributed by atoms with Gasteiger partial charge in [0.25, 0.3) is 0 Å². The van der Waals surface area contributed by atoms with E-state index in [1.807, 2.05) is 6.07 Å². The van der Waals surface area contributed by atoms with Gasteiger partial charge in [0, 0.05) is 6.20 Å². The maximum Gasteiger partial charge on any atom is 0.355 e. The molecular weight excluding hydrogens is 166 g/mol. The molecule has 1 N–H and O–H groups in total. The largest absolute Gasteiger partial charge is 0.461 e. The second kappa shape index (κ2) is 4.50. The zero-order valence-corrected chi connectivity index (χ0v) is 7.67. The number of rotatable bonds is 4. The molecule has 13 heavy (non-hydrogen) atoms. The molecule has 0 fully saturated rings. The van der Waals surface area contributed by atoms with Crippen LogP contribution in [0, 0.1) is 0 Å². The second-order valence-corrected chi connectivity index (χ2v) is 2.59. The third kappa shape index (κ3) is 2.21. The van der Waals surface area contributed by atoms with Crippen molar-refractivity contribution < 1.29 is 9.53 Å². The fraction of sp³-hybridized carbons (Fsp3) is 0.300. The first-order valence-corrected chi connectivity index (χ1v) is 4.23. The molecule has 1 heterocycles. The average molecular weight is 179 g/mol. The highest BCUT2D eigenvalue weighted by Crippen LogP contribution is 2.09. The molecule has 0 radical (unpaired) electrons. The SMILES string of the molecule is C=CCc1cc[nH]c1C(=O)OCC. The zero-order valence-electron chi connectivity index (χ0n) is 7.67. The van der Waals surface area contributed by atoms with Crippen molar-refractivity contribution in [1.29, 1.82) is 0 Å². The summed E-state index contributed by atoms with van der Waals surface area (Å²) in [6.45, 7) is 5.80. The van der Waals surface area contributed by atoms with Crippen LogP contribution in [0.4, 0.5) is 0 Å². The van der Waals surface area contributed by atoms with Gasteiger partial charge in [-0.1, -0.05) is 6.08 Å². The number of hydrogen-bond acceptors (Lipinski definition) is 2. The normalized spacial score (nSPS) is 9.62. The summed E-state index contributed by atoms with van der Waals surface area (Å²) in [7, 11) is 0. The zero-order chi connectivity index (χ0) is 9.68. The van der Waals surface area contributed by atoms with Gasteiger partial charge in [-0.3, -0.25) is 0 Å². The van der Waals surface area contributed by atoms with E-state index in [0.29, 0.717) is 18.7 Å². The lowest BCUT2D eigenvalue weighted by molar-refractivity contribution is 0.0519. The maximum atomic E-state index is 11.3. The number of H-pyrrole nitrogens is 1. The monoisotopic (exact) mass is 179 g/mol. The van der Waals surface area contributed by atoms with Crippen LogP contribution in [0.1, 0.15) is 23.0 Å². The fourth-order valence-corrected chi connectivity index (χ4v) is 1.12. The molecule has 1 aromatic heterocycles. The van der Waals surface area contributed by atoms with Gasteiger partial charge >= 0.3 is 5.97 Å². The van der Waals surface area contributed by atoms with Crippen LogP contribution in [-0.4, -0.2) is 17.6 Å². The molecule has 70 valence electrons. The Morgan fingerprint density at radius 2 is 2.54 bits per heavy atom. The summed E-state index contributed by atoms with van der Waals surface area (Å²) in [5, 5.41) is 0. The van der Waals surface area contributed by atoms with Gasteiger partial charge in [0.15, 0.2) is 0 Å². The number of carbonyl (C=O) groups excluding carboxylic acids is 1. The number of aromatic nitrogens is 1. The van der Waals surface area contributed by atoms with Crippen molar-refractivity contribution in [3.63, 3.8) is 0 Å². The highest BCUT2D eigenvalue weighted by molar-refractivity contribution is 5.89. The van der Waals surface area contributed by atoms with Crippen LogP contribution in [0.25, 0.3) is 0 Å². The van der Waals surface area contributed by atoms with Gasteiger partial charge in [-0.15, -0.1) is 6.58 Å². The van der Waals surface area contributed by atoms with Crippen LogP contribution in [0.15, 0.2) is 24.9 Å². The molecule has 0 bridgehead atoms. The quantitative estimate of drug-likeness (QED) is 0.566. The van der Waals surface area contributed by atoms with Crippen molar-refractivity contribution in [3.8, 4) is 0 Å². The van der Waals surface area contributed by atoms with Crippen LogP contribution < -0.4 is 0 Å². The number of hydrogen-bond donors (Lipinski definition) is 1. The molecule has 0 atom stereocenters. The number of aromatic amines is 1. The maximum absolute atomic E-state index is 11.3. The minimum Gasteiger partial charge on any atom is -0.461 e. The van der Waals surface area contributed by atoms with Crippen LogP contribution in [0.2, 0.25) is 0 Å². The molecule has 0 spiro atoms. The van der Waals surface area contributed by atoms with E-state index in [1.54, 1.807) is 19.2 Å². The smallest absolute Gasteiger partial charge is 0.355 e. The van der Waals surface area contributed by atoms with E-state index in [1.165, 1.54) is 0 Å². The van der Waals surface area contributed by atoms with Gasteiger partial charge in [0.1, 0.15) is 5.69 Å². The first-order valence-electron chi connectivity index (χ1n) is 4.23. The van der Waals surface area contributed by atoms with Crippen molar-refractivity contribution in [2.24, 2.45) is 0 Å². The first-order chi connectivity index (χ1) is 6.29. The lowest BCUT2D eigenvalue weighted by Crippen LogP contribution is -2.07. The minimum atomic E-state index is -0.302. The van der Waals surface area contributed by atoms with E-state index < -0.39 is 0 Å². The Bertz CT molecular complexity index is 302. The summed E-state index contributed by atoms with van der Waals surface area (Å²) in [5.74, 6) is -0.302. The Labute approximate surface area is 77.4 Å². The molecule has 0 saturated carbocycles. The van der Waals surface area contributed by atoms with Gasteiger partial charge in [0.05, 0.1) is 6.61 Å². The summed E-state index contributed by atoms with van der Waals surface area (Å²) in [6, 6.07) is 1.86. The molecule has 0 saturated heterocycles. The molecule has 0 aliphatic rings. The van der Waals surface area contributed by atoms with Gasteiger partial charge < -0.3 is 9.72 Å². The minimum absolute atomic E-state index is 0.302. The van der Waals surface area contributed by atoms with Crippen molar-refractivity contribution >= 4 is 5.97 Å². The molecule has 1 rings (SSSR count). The molecule has 0 aromatic carbocycles.